The number of nitrogens with zero attached hydrogens (tertiary/aromatic N) is 2. The molecule has 2 N–H and O–H groups in total. The highest BCUT2D eigenvalue weighted by Gasteiger charge is 2.45. The van der Waals surface area contributed by atoms with E-state index in [1.807, 2.05) is 0 Å². The zero-order valence-electron chi connectivity index (χ0n) is 20.4. The van der Waals surface area contributed by atoms with Crippen molar-refractivity contribution >= 4 is 37.8 Å². The third-order valence-corrected chi connectivity index (χ3v) is 9.11. The van der Waals surface area contributed by atoms with Gasteiger partial charge in [0, 0.05) is 27.1 Å². The summed E-state index contributed by atoms with van der Waals surface area (Å²) in [5, 5.41) is 12.6. The van der Waals surface area contributed by atoms with Crippen LogP contribution in [0.3, 0.4) is 0 Å². The summed E-state index contributed by atoms with van der Waals surface area (Å²) >= 11 is 0. The Balaban J connectivity index is 2.03. The fourth-order valence-electron chi connectivity index (χ4n) is 3.68. The number of aliphatic carboxylic acids is 1. The Hall–Kier alpha value is -3.56. The van der Waals surface area contributed by atoms with Crippen LogP contribution in [-0.4, -0.2) is 93.3 Å². The molecular formula is C23H26FN3O9S2. The number of carboxylic acid groups (broad SMARTS) is 1. The summed E-state index contributed by atoms with van der Waals surface area (Å²) < 4.78 is 71.0. The number of hydrogen-bond acceptors (Lipinski definition) is 9. The number of benzene rings is 2. The molecule has 206 valence electrons. The number of ether oxygens (including phenoxy) is 1. The number of carbonyl (C=O) groups is 3. The van der Waals surface area contributed by atoms with E-state index < -0.39 is 72.8 Å². The molecule has 2 amide bonds. The summed E-state index contributed by atoms with van der Waals surface area (Å²) in [6, 6.07) is 5.95. The van der Waals surface area contributed by atoms with Crippen molar-refractivity contribution in [1.82, 2.24) is 14.5 Å². The van der Waals surface area contributed by atoms with Crippen molar-refractivity contribution in [2.75, 3.05) is 32.1 Å². The minimum Gasteiger partial charge on any atom is -0.480 e. The van der Waals surface area contributed by atoms with Crippen molar-refractivity contribution in [3.8, 4) is 5.75 Å². The van der Waals surface area contributed by atoms with E-state index in [-0.39, 0.29) is 27.9 Å². The Morgan fingerprint density at radius 1 is 1.13 bits per heavy atom. The Labute approximate surface area is 219 Å². The molecule has 12 nitrogen and oxygen atoms in total. The maximum absolute atomic E-state index is 14.6. The average molecular weight is 572 g/mol. The number of hydrogen-bond donors (Lipinski definition) is 2. The molecule has 1 fully saturated rings. The van der Waals surface area contributed by atoms with E-state index in [0.717, 1.165) is 12.1 Å². The van der Waals surface area contributed by atoms with Crippen LogP contribution < -0.4 is 10.1 Å². The largest absolute Gasteiger partial charge is 0.480 e. The molecule has 3 rings (SSSR count). The average Bonchev–Trinajstić information content (AvgIpc) is 2.83. The zero-order valence-corrected chi connectivity index (χ0v) is 22.0. The van der Waals surface area contributed by atoms with Gasteiger partial charge in [0.25, 0.3) is 15.9 Å². The molecule has 0 spiro atoms. The van der Waals surface area contributed by atoms with Gasteiger partial charge in [-0.25, -0.2) is 35.1 Å². The fourth-order valence-corrected chi connectivity index (χ4v) is 6.68. The van der Waals surface area contributed by atoms with Crippen molar-refractivity contribution < 1.29 is 45.5 Å². The van der Waals surface area contributed by atoms with Crippen molar-refractivity contribution in [3.63, 3.8) is 0 Å². The lowest BCUT2D eigenvalue weighted by Crippen LogP contribution is -2.59. The van der Waals surface area contributed by atoms with Gasteiger partial charge in [-0.15, -0.1) is 0 Å². The first-order valence-corrected chi connectivity index (χ1v) is 14.5. The molecule has 2 aromatic carbocycles. The van der Waals surface area contributed by atoms with Gasteiger partial charge in [0.2, 0.25) is 0 Å². The Morgan fingerprint density at radius 2 is 1.76 bits per heavy atom. The lowest BCUT2D eigenvalue weighted by molar-refractivity contribution is -0.146. The number of nitrogens with one attached hydrogen (secondary N) is 1. The highest BCUT2D eigenvalue weighted by Crippen LogP contribution is 2.25. The number of carboxylic acids is 1. The lowest BCUT2D eigenvalue weighted by Gasteiger charge is -2.33. The SMILES string of the molecule is CN(C)C(=O)Oc1ccc(C[C@@H](C(=O)O)N(C(=O)C2CS(=O)(=O)CCN2)S(=O)(=O)c2ccccc2F)cc1. The van der Waals surface area contributed by atoms with Gasteiger partial charge in [-0.2, -0.15) is 0 Å². The summed E-state index contributed by atoms with van der Waals surface area (Å²) in [6.07, 6.45) is -1.21. The van der Waals surface area contributed by atoms with Crippen LogP contribution in [0.2, 0.25) is 0 Å². The van der Waals surface area contributed by atoms with Crippen LogP contribution in [0, 0.1) is 5.82 Å². The molecule has 0 saturated carbocycles. The highest BCUT2D eigenvalue weighted by atomic mass is 32.2. The van der Waals surface area contributed by atoms with Gasteiger partial charge < -0.3 is 20.1 Å². The summed E-state index contributed by atoms with van der Waals surface area (Å²) in [5.41, 5.74) is 0.243. The normalized spacial score (nSPS) is 17.7. The van der Waals surface area contributed by atoms with Gasteiger partial charge in [-0.3, -0.25) is 4.79 Å². The lowest BCUT2D eigenvalue weighted by atomic mass is 10.1. The van der Waals surface area contributed by atoms with E-state index in [0.29, 0.717) is 0 Å². The van der Waals surface area contributed by atoms with Crippen molar-refractivity contribution in [1.29, 1.82) is 0 Å². The smallest absolute Gasteiger partial charge is 0.414 e. The van der Waals surface area contributed by atoms with E-state index in [1.54, 1.807) is 0 Å². The van der Waals surface area contributed by atoms with Crippen LogP contribution in [0.5, 0.6) is 5.75 Å². The van der Waals surface area contributed by atoms with Crippen LogP contribution in [0.15, 0.2) is 53.4 Å². The van der Waals surface area contributed by atoms with Crippen LogP contribution >= 0.6 is 0 Å². The maximum atomic E-state index is 14.6. The van der Waals surface area contributed by atoms with E-state index in [9.17, 15) is 40.7 Å². The van der Waals surface area contributed by atoms with Crippen LogP contribution in [-0.2, 0) is 35.9 Å². The summed E-state index contributed by atoms with van der Waals surface area (Å²) in [6.45, 7) is -0.156. The standard InChI is InChI=1S/C23H26FN3O9S2/c1-26(2)23(31)36-16-9-7-15(8-10-16)13-19(22(29)30)27(21(28)18-14-37(32,33)12-11-25-18)38(34,35)20-6-4-3-5-17(20)24/h3-10,18-19,25H,11-14H2,1-2H3,(H,29,30)/t18?,19-/m0/s1. The molecule has 1 saturated heterocycles. The zero-order chi connectivity index (χ0) is 28.3. The first kappa shape index (κ1) is 29.0. The molecule has 1 unspecified atom stereocenters. The fraction of sp³-hybridized carbons (Fsp3) is 0.348. The first-order valence-electron chi connectivity index (χ1n) is 11.2. The van der Waals surface area contributed by atoms with Crippen LogP contribution in [0.25, 0.3) is 0 Å². The van der Waals surface area contributed by atoms with Gasteiger partial charge in [0.05, 0.1) is 11.5 Å². The summed E-state index contributed by atoms with van der Waals surface area (Å²) in [4.78, 5) is 37.8. The van der Waals surface area contributed by atoms with Crippen LogP contribution in [0.1, 0.15) is 5.56 Å². The molecule has 2 aromatic rings. The van der Waals surface area contributed by atoms with Crippen molar-refractivity contribution in [2.24, 2.45) is 0 Å². The predicted octanol–water partition coefficient (Wildman–Crippen LogP) is 0.486. The molecule has 1 aliphatic heterocycles. The minimum atomic E-state index is -5.10. The van der Waals surface area contributed by atoms with E-state index in [1.165, 1.54) is 55.4 Å². The molecule has 1 heterocycles. The second kappa shape index (κ2) is 11.4. The van der Waals surface area contributed by atoms with E-state index in [4.69, 9.17) is 4.74 Å². The number of amides is 2. The Kier molecular flexibility index (Phi) is 8.74. The molecule has 38 heavy (non-hydrogen) atoms. The number of carbonyl (C=O) groups excluding carboxylic acids is 2. The third kappa shape index (κ3) is 6.65. The van der Waals surface area contributed by atoms with Gasteiger partial charge in [-0.05, 0) is 29.8 Å². The number of sulfone groups is 1. The summed E-state index contributed by atoms with van der Waals surface area (Å²) in [5.74, 6) is -5.20. The quantitative estimate of drug-likeness (QED) is 0.455. The second-order valence-corrected chi connectivity index (χ2v) is 12.7. The first-order chi connectivity index (χ1) is 17.7. The maximum Gasteiger partial charge on any atom is 0.414 e. The van der Waals surface area contributed by atoms with Gasteiger partial charge in [0.15, 0.2) is 9.84 Å². The third-order valence-electron chi connectivity index (χ3n) is 5.60. The highest BCUT2D eigenvalue weighted by molar-refractivity contribution is 7.91. The van der Waals surface area contributed by atoms with Crippen molar-refractivity contribution in [2.45, 2.75) is 23.4 Å². The topological polar surface area (TPSA) is 167 Å². The molecular weight excluding hydrogens is 545 g/mol. The Bertz CT molecular complexity index is 1430. The van der Waals surface area contributed by atoms with E-state index >= 15 is 0 Å². The molecule has 1 aliphatic rings. The van der Waals surface area contributed by atoms with Crippen molar-refractivity contribution in [3.05, 3.63) is 59.9 Å². The van der Waals surface area contributed by atoms with Gasteiger partial charge >= 0.3 is 12.1 Å². The second-order valence-electron chi connectivity index (χ2n) is 8.66. The monoisotopic (exact) mass is 571 g/mol. The number of rotatable bonds is 8. The van der Waals surface area contributed by atoms with Gasteiger partial charge in [0.1, 0.15) is 28.5 Å². The van der Waals surface area contributed by atoms with E-state index in [2.05, 4.69) is 5.32 Å². The number of halogens is 1. The molecule has 0 bridgehead atoms. The molecule has 0 aliphatic carbocycles. The molecule has 15 heteroatoms. The number of sulfonamides is 1. The summed E-state index contributed by atoms with van der Waals surface area (Å²) in [7, 11) is -5.87. The predicted molar refractivity (Wildman–Crippen MR) is 132 cm³/mol. The van der Waals surface area contributed by atoms with Gasteiger partial charge in [-0.1, -0.05) is 24.3 Å². The molecule has 0 aromatic heterocycles. The van der Waals surface area contributed by atoms with Crippen LogP contribution in [0.4, 0.5) is 9.18 Å². The Morgan fingerprint density at radius 3 is 2.32 bits per heavy atom. The molecule has 2 atom stereocenters. The minimum absolute atomic E-state index is 0.0340. The molecule has 0 radical (unpaired) electrons.